The molecular formula is C24H26FN3O4. The first-order valence-corrected chi connectivity index (χ1v) is 10.5. The normalized spacial score (nSPS) is 13.9. The number of morpholine rings is 1. The summed E-state index contributed by atoms with van der Waals surface area (Å²) < 4.78 is 26.1. The third-order valence-corrected chi connectivity index (χ3v) is 5.78. The number of hydrogen-bond donors (Lipinski definition) is 1. The van der Waals surface area contributed by atoms with Crippen molar-refractivity contribution in [3.8, 4) is 5.75 Å². The molecule has 3 aromatic rings. The lowest BCUT2D eigenvalue weighted by atomic mass is 10.1. The van der Waals surface area contributed by atoms with Gasteiger partial charge in [-0.1, -0.05) is 12.1 Å². The quantitative estimate of drug-likeness (QED) is 0.641. The van der Waals surface area contributed by atoms with Crippen LogP contribution in [0.5, 0.6) is 5.75 Å². The van der Waals surface area contributed by atoms with Gasteiger partial charge in [0.15, 0.2) is 6.61 Å². The fourth-order valence-corrected chi connectivity index (χ4v) is 3.85. The molecule has 32 heavy (non-hydrogen) atoms. The maximum absolute atomic E-state index is 13.1. The standard InChI is InChI=1S/C24H26FN3O4/c1-16-23(24(30)26-14-17-3-5-18(25)6-4-17)20-13-19(7-8-21(20)27(16)2)32-15-22(29)28-9-11-31-12-10-28/h3-8,13H,9-12,14-15H2,1-2H3,(H,26,30). The Hall–Kier alpha value is -3.39. The van der Waals surface area contributed by atoms with Crippen LogP contribution in [0, 0.1) is 12.7 Å². The zero-order valence-electron chi connectivity index (χ0n) is 18.2. The van der Waals surface area contributed by atoms with Crippen molar-refractivity contribution in [1.29, 1.82) is 0 Å². The first kappa shape index (κ1) is 21.8. The third kappa shape index (κ3) is 4.60. The Morgan fingerprint density at radius 1 is 1.12 bits per heavy atom. The minimum absolute atomic E-state index is 0.0661. The Morgan fingerprint density at radius 2 is 1.84 bits per heavy atom. The number of rotatable bonds is 6. The van der Waals surface area contributed by atoms with Gasteiger partial charge < -0.3 is 24.3 Å². The molecule has 0 radical (unpaired) electrons. The molecule has 0 atom stereocenters. The van der Waals surface area contributed by atoms with Gasteiger partial charge in [-0.3, -0.25) is 9.59 Å². The van der Waals surface area contributed by atoms with Crippen LogP contribution in [0.15, 0.2) is 42.5 Å². The van der Waals surface area contributed by atoms with Crippen molar-refractivity contribution in [1.82, 2.24) is 14.8 Å². The van der Waals surface area contributed by atoms with Crippen LogP contribution >= 0.6 is 0 Å². The van der Waals surface area contributed by atoms with E-state index in [2.05, 4.69) is 5.32 Å². The van der Waals surface area contributed by atoms with Gasteiger partial charge in [0.1, 0.15) is 11.6 Å². The largest absolute Gasteiger partial charge is 0.484 e. The van der Waals surface area contributed by atoms with Gasteiger partial charge in [-0.2, -0.15) is 0 Å². The van der Waals surface area contributed by atoms with Crippen molar-refractivity contribution in [2.24, 2.45) is 7.05 Å². The lowest BCUT2D eigenvalue weighted by Crippen LogP contribution is -2.42. The van der Waals surface area contributed by atoms with Crippen molar-refractivity contribution >= 4 is 22.7 Å². The minimum Gasteiger partial charge on any atom is -0.484 e. The van der Waals surface area contributed by atoms with Crippen molar-refractivity contribution in [2.75, 3.05) is 32.9 Å². The Labute approximate surface area is 185 Å². The van der Waals surface area contributed by atoms with Crippen LogP contribution in [0.25, 0.3) is 10.9 Å². The van der Waals surface area contributed by atoms with Gasteiger partial charge in [0, 0.05) is 43.3 Å². The molecular weight excluding hydrogens is 413 g/mol. The van der Waals surface area contributed by atoms with Crippen LogP contribution in [0.2, 0.25) is 0 Å². The molecule has 0 bridgehead atoms. The first-order chi connectivity index (χ1) is 15.4. The number of halogens is 1. The van der Waals surface area contributed by atoms with E-state index in [9.17, 15) is 14.0 Å². The molecule has 0 spiro atoms. The second kappa shape index (κ2) is 9.40. The van der Waals surface area contributed by atoms with E-state index >= 15 is 0 Å². The predicted molar refractivity (Wildman–Crippen MR) is 118 cm³/mol. The monoisotopic (exact) mass is 439 g/mol. The number of aryl methyl sites for hydroxylation is 1. The summed E-state index contributed by atoms with van der Waals surface area (Å²) in [7, 11) is 1.90. The summed E-state index contributed by atoms with van der Waals surface area (Å²) in [4.78, 5) is 27.1. The van der Waals surface area contributed by atoms with Crippen LogP contribution in [0.1, 0.15) is 21.6 Å². The fraction of sp³-hybridized carbons (Fsp3) is 0.333. The minimum atomic E-state index is -0.315. The number of nitrogens with zero attached hydrogens (tertiary/aromatic N) is 2. The van der Waals surface area contributed by atoms with Crippen molar-refractivity contribution in [3.63, 3.8) is 0 Å². The van der Waals surface area contributed by atoms with Crippen molar-refractivity contribution in [3.05, 3.63) is 65.1 Å². The number of amides is 2. The lowest BCUT2D eigenvalue weighted by molar-refractivity contribution is -0.137. The average molecular weight is 439 g/mol. The summed E-state index contributed by atoms with van der Waals surface area (Å²) in [6, 6.07) is 11.5. The molecule has 1 aliphatic heterocycles. The molecule has 2 heterocycles. The Kier molecular flexibility index (Phi) is 6.41. The molecule has 1 aromatic heterocycles. The summed E-state index contributed by atoms with van der Waals surface area (Å²) in [5.41, 5.74) is 3.07. The van der Waals surface area contributed by atoms with E-state index in [1.54, 1.807) is 29.2 Å². The number of fused-ring (bicyclic) bond motifs is 1. The van der Waals surface area contributed by atoms with Crippen LogP contribution in [0.3, 0.4) is 0 Å². The van der Waals surface area contributed by atoms with Crippen LogP contribution < -0.4 is 10.1 Å². The molecule has 8 heteroatoms. The number of ether oxygens (including phenoxy) is 2. The Balaban J connectivity index is 1.50. The zero-order valence-corrected chi connectivity index (χ0v) is 18.2. The summed E-state index contributed by atoms with van der Waals surface area (Å²) in [5.74, 6) is -0.101. The number of carbonyl (C=O) groups excluding carboxylic acids is 2. The van der Waals surface area contributed by atoms with Crippen LogP contribution in [0.4, 0.5) is 4.39 Å². The zero-order chi connectivity index (χ0) is 22.7. The van der Waals surface area contributed by atoms with Crippen LogP contribution in [-0.2, 0) is 23.1 Å². The third-order valence-electron chi connectivity index (χ3n) is 5.78. The molecule has 1 N–H and O–H groups in total. The summed E-state index contributed by atoms with van der Waals surface area (Å²) in [6.45, 7) is 4.32. The number of carbonyl (C=O) groups is 2. The molecule has 2 amide bonds. The molecule has 1 saturated heterocycles. The number of nitrogens with one attached hydrogen (secondary N) is 1. The van der Waals surface area contributed by atoms with E-state index < -0.39 is 0 Å². The fourth-order valence-electron chi connectivity index (χ4n) is 3.85. The maximum Gasteiger partial charge on any atom is 0.260 e. The second-order valence-corrected chi connectivity index (χ2v) is 7.79. The van der Waals surface area contributed by atoms with E-state index in [1.165, 1.54) is 12.1 Å². The van der Waals surface area contributed by atoms with Crippen molar-refractivity contribution in [2.45, 2.75) is 13.5 Å². The van der Waals surface area contributed by atoms with Gasteiger partial charge in [-0.25, -0.2) is 4.39 Å². The van der Waals surface area contributed by atoms with Crippen LogP contribution in [-0.4, -0.2) is 54.2 Å². The number of benzene rings is 2. The van der Waals surface area contributed by atoms with Crippen molar-refractivity contribution < 1.29 is 23.5 Å². The highest BCUT2D eigenvalue weighted by molar-refractivity contribution is 6.08. The highest BCUT2D eigenvalue weighted by Crippen LogP contribution is 2.29. The predicted octanol–water partition coefficient (Wildman–Crippen LogP) is 2.79. The smallest absolute Gasteiger partial charge is 0.260 e. The maximum atomic E-state index is 13.1. The molecule has 4 rings (SSSR count). The van der Waals surface area contributed by atoms with E-state index in [0.717, 1.165) is 22.2 Å². The molecule has 0 saturated carbocycles. The molecule has 1 fully saturated rings. The van der Waals surface area contributed by atoms with E-state index in [4.69, 9.17) is 9.47 Å². The highest BCUT2D eigenvalue weighted by Gasteiger charge is 2.20. The van der Waals surface area contributed by atoms with Gasteiger partial charge in [0.25, 0.3) is 11.8 Å². The summed E-state index contributed by atoms with van der Waals surface area (Å²) >= 11 is 0. The summed E-state index contributed by atoms with van der Waals surface area (Å²) in [6.07, 6.45) is 0. The molecule has 1 aliphatic rings. The Bertz CT molecular complexity index is 1130. The topological polar surface area (TPSA) is 72.8 Å². The SMILES string of the molecule is Cc1c(C(=O)NCc2ccc(F)cc2)c2cc(OCC(=O)N3CCOCC3)ccc2n1C. The molecule has 2 aromatic carbocycles. The number of hydrogen-bond acceptors (Lipinski definition) is 4. The van der Waals surface area contributed by atoms with E-state index in [0.29, 0.717) is 44.2 Å². The van der Waals surface area contributed by atoms with Gasteiger partial charge in [-0.05, 0) is 42.8 Å². The molecule has 0 aliphatic carbocycles. The first-order valence-electron chi connectivity index (χ1n) is 10.5. The summed E-state index contributed by atoms with van der Waals surface area (Å²) in [5, 5.41) is 3.65. The van der Waals surface area contributed by atoms with Gasteiger partial charge in [0.05, 0.1) is 18.8 Å². The van der Waals surface area contributed by atoms with Gasteiger partial charge >= 0.3 is 0 Å². The second-order valence-electron chi connectivity index (χ2n) is 7.79. The lowest BCUT2D eigenvalue weighted by Gasteiger charge is -2.26. The van der Waals surface area contributed by atoms with Gasteiger partial charge in [-0.15, -0.1) is 0 Å². The number of aromatic nitrogens is 1. The van der Waals surface area contributed by atoms with Gasteiger partial charge in [0.2, 0.25) is 0 Å². The average Bonchev–Trinajstić information content (AvgIpc) is 3.07. The molecule has 0 unspecified atom stereocenters. The highest BCUT2D eigenvalue weighted by atomic mass is 19.1. The van der Waals surface area contributed by atoms with E-state index in [1.807, 2.05) is 24.6 Å². The molecule has 7 nitrogen and oxygen atoms in total. The van der Waals surface area contributed by atoms with E-state index in [-0.39, 0.29) is 24.2 Å². The Morgan fingerprint density at radius 3 is 2.56 bits per heavy atom. The molecule has 168 valence electrons.